The van der Waals surface area contributed by atoms with Gasteiger partial charge in [0.2, 0.25) is 11.8 Å². The summed E-state index contributed by atoms with van der Waals surface area (Å²) in [7, 11) is 0. The second-order valence-corrected chi connectivity index (χ2v) is 10.8. The van der Waals surface area contributed by atoms with Gasteiger partial charge < -0.3 is 25.4 Å². The molecule has 0 aromatic heterocycles. The molecule has 0 heterocycles. The Kier molecular flexibility index (Phi) is 11.1. The van der Waals surface area contributed by atoms with Crippen molar-refractivity contribution in [1.29, 1.82) is 0 Å². The van der Waals surface area contributed by atoms with Crippen molar-refractivity contribution in [3.63, 3.8) is 0 Å². The first-order valence-corrected chi connectivity index (χ1v) is 13.4. The Labute approximate surface area is 216 Å². The maximum Gasteiger partial charge on any atom is 0.408 e. The molecule has 1 aromatic rings. The van der Waals surface area contributed by atoms with E-state index in [0.29, 0.717) is 18.5 Å². The van der Waals surface area contributed by atoms with E-state index in [0.717, 1.165) is 38.5 Å². The summed E-state index contributed by atoms with van der Waals surface area (Å²) in [5.74, 6) is -0.619. The topological polar surface area (TPSA) is 108 Å². The number of nitrogens with zero attached hydrogens (tertiary/aromatic N) is 1. The number of phenols is 1. The zero-order valence-corrected chi connectivity index (χ0v) is 22.8. The molecule has 0 bridgehead atoms. The summed E-state index contributed by atoms with van der Waals surface area (Å²) in [6.07, 6.45) is 5.48. The van der Waals surface area contributed by atoms with Crippen molar-refractivity contribution in [1.82, 2.24) is 15.5 Å². The minimum Gasteiger partial charge on any atom is -0.508 e. The van der Waals surface area contributed by atoms with E-state index in [1.54, 1.807) is 37.8 Å². The Bertz CT molecular complexity index is 861. The number of hydrogen-bond acceptors (Lipinski definition) is 5. The van der Waals surface area contributed by atoms with Crippen LogP contribution in [0.1, 0.15) is 98.1 Å². The smallest absolute Gasteiger partial charge is 0.408 e. The van der Waals surface area contributed by atoms with E-state index in [4.69, 9.17) is 4.74 Å². The van der Waals surface area contributed by atoms with Crippen LogP contribution in [-0.4, -0.2) is 52.1 Å². The fraction of sp³-hybridized carbons (Fsp3) is 0.679. The lowest BCUT2D eigenvalue weighted by Gasteiger charge is -2.44. The van der Waals surface area contributed by atoms with E-state index < -0.39 is 23.8 Å². The van der Waals surface area contributed by atoms with Crippen LogP contribution in [0.4, 0.5) is 4.79 Å². The lowest BCUT2D eigenvalue weighted by atomic mass is 9.86. The van der Waals surface area contributed by atoms with Crippen LogP contribution in [0.2, 0.25) is 0 Å². The monoisotopic (exact) mass is 503 g/mol. The van der Waals surface area contributed by atoms with Crippen LogP contribution in [0.3, 0.4) is 0 Å². The molecule has 0 aliphatic heterocycles. The maximum atomic E-state index is 14.2. The number of nitrogens with one attached hydrogen (secondary N) is 2. The highest BCUT2D eigenvalue weighted by Gasteiger charge is 2.43. The number of carbonyl (C=O) groups excluding carboxylic acids is 3. The number of carbonyl (C=O) groups is 3. The van der Waals surface area contributed by atoms with Crippen LogP contribution >= 0.6 is 0 Å². The molecule has 3 atom stereocenters. The van der Waals surface area contributed by atoms with Crippen molar-refractivity contribution in [2.75, 3.05) is 6.54 Å². The zero-order valence-electron chi connectivity index (χ0n) is 22.8. The second-order valence-electron chi connectivity index (χ2n) is 10.8. The minimum absolute atomic E-state index is 0.0893. The van der Waals surface area contributed by atoms with Crippen LogP contribution in [0.25, 0.3) is 0 Å². The molecule has 1 fully saturated rings. The van der Waals surface area contributed by atoms with Gasteiger partial charge in [-0.1, -0.05) is 52.2 Å². The SMILES string of the molecule is CCCCCNC(=O)C(c1ccc(O)cc1)N(C(=O)C(NC(=O)OC(C)(C)C)C(C)CC)C1CCC1. The molecule has 8 nitrogen and oxygen atoms in total. The van der Waals surface area contributed by atoms with Gasteiger partial charge in [0.15, 0.2) is 0 Å². The molecule has 3 N–H and O–H groups in total. The van der Waals surface area contributed by atoms with Gasteiger partial charge in [0.25, 0.3) is 0 Å². The van der Waals surface area contributed by atoms with E-state index >= 15 is 0 Å². The minimum atomic E-state index is -0.864. The number of unbranched alkanes of at least 4 members (excludes halogenated alkanes) is 2. The average Bonchev–Trinajstić information content (AvgIpc) is 2.77. The van der Waals surface area contributed by atoms with E-state index in [-0.39, 0.29) is 29.5 Å². The highest BCUT2D eigenvalue weighted by Crippen LogP contribution is 2.35. The molecular weight excluding hydrogens is 458 g/mol. The highest BCUT2D eigenvalue weighted by molar-refractivity contribution is 5.92. The first-order chi connectivity index (χ1) is 17.0. The summed E-state index contributed by atoms with van der Waals surface area (Å²) in [6, 6.07) is 4.62. The number of amides is 3. The fourth-order valence-corrected chi connectivity index (χ4v) is 4.24. The average molecular weight is 504 g/mol. The molecule has 1 aliphatic carbocycles. The van der Waals surface area contributed by atoms with E-state index in [2.05, 4.69) is 17.6 Å². The van der Waals surface area contributed by atoms with Gasteiger partial charge in [-0.3, -0.25) is 9.59 Å². The number of benzene rings is 1. The van der Waals surface area contributed by atoms with Crippen LogP contribution in [0, 0.1) is 5.92 Å². The molecule has 3 unspecified atom stereocenters. The molecule has 0 saturated heterocycles. The van der Waals surface area contributed by atoms with E-state index in [9.17, 15) is 19.5 Å². The van der Waals surface area contributed by atoms with Crippen molar-refractivity contribution < 1.29 is 24.2 Å². The molecule has 36 heavy (non-hydrogen) atoms. The molecule has 0 radical (unpaired) electrons. The molecule has 8 heteroatoms. The van der Waals surface area contributed by atoms with Gasteiger partial charge in [0, 0.05) is 12.6 Å². The van der Waals surface area contributed by atoms with Gasteiger partial charge in [-0.2, -0.15) is 0 Å². The Morgan fingerprint density at radius 2 is 1.75 bits per heavy atom. The van der Waals surface area contributed by atoms with Crippen LogP contribution in [-0.2, 0) is 14.3 Å². The Hall–Kier alpha value is -2.77. The Morgan fingerprint density at radius 3 is 2.25 bits per heavy atom. The summed E-state index contributed by atoms with van der Waals surface area (Å²) in [4.78, 5) is 42.1. The van der Waals surface area contributed by atoms with Gasteiger partial charge in [0.05, 0.1) is 0 Å². The molecule has 2 rings (SSSR count). The summed E-state index contributed by atoms with van der Waals surface area (Å²) in [5, 5.41) is 15.6. The molecule has 3 amide bonds. The predicted molar refractivity (Wildman–Crippen MR) is 140 cm³/mol. The lowest BCUT2D eigenvalue weighted by Crippen LogP contribution is -2.59. The highest BCUT2D eigenvalue weighted by atomic mass is 16.6. The van der Waals surface area contributed by atoms with Crippen molar-refractivity contribution in [3.05, 3.63) is 29.8 Å². The van der Waals surface area contributed by atoms with Gasteiger partial charge in [-0.05, 0) is 70.1 Å². The van der Waals surface area contributed by atoms with Crippen molar-refractivity contribution in [2.45, 2.75) is 110 Å². The predicted octanol–water partition coefficient (Wildman–Crippen LogP) is 5.06. The van der Waals surface area contributed by atoms with Gasteiger partial charge in [0.1, 0.15) is 23.4 Å². The van der Waals surface area contributed by atoms with Gasteiger partial charge in [-0.25, -0.2) is 4.79 Å². The van der Waals surface area contributed by atoms with Gasteiger partial charge in [-0.15, -0.1) is 0 Å². The third kappa shape index (κ3) is 8.42. The standard InChI is InChI=1S/C28H45N3O5/c1-7-9-10-18-29-25(33)24(20-14-16-22(32)17-15-20)31(21-12-11-13-21)26(34)23(19(3)8-2)30-27(35)36-28(4,5)6/h14-17,19,21,23-24,32H,7-13,18H2,1-6H3,(H,29,33)(H,30,35). The number of rotatable bonds is 12. The molecule has 1 aromatic carbocycles. The lowest BCUT2D eigenvalue weighted by molar-refractivity contribution is -0.148. The van der Waals surface area contributed by atoms with Crippen LogP contribution in [0.5, 0.6) is 5.75 Å². The molecule has 1 saturated carbocycles. The molecule has 0 spiro atoms. The summed E-state index contributed by atoms with van der Waals surface area (Å²) >= 11 is 0. The molecule has 1 aliphatic rings. The number of hydrogen-bond donors (Lipinski definition) is 3. The number of phenolic OH excluding ortho intramolecular Hbond substituents is 1. The number of ether oxygens (including phenoxy) is 1. The van der Waals surface area contributed by atoms with Crippen molar-refractivity contribution >= 4 is 17.9 Å². The van der Waals surface area contributed by atoms with Gasteiger partial charge >= 0.3 is 6.09 Å². The molecule has 202 valence electrons. The Balaban J connectivity index is 2.43. The van der Waals surface area contributed by atoms with E-state index in [1.165, 1.54) is 12.1 Å². The summed E-state index contributed by atoms with van der Waals surface area (Å²) in [6.45, 7) is 11.8. The van der Waals surface area contributed by atoms with E-state index in [1.807, 2.05) is 13.8 Å². The third-order valence-corrected chi connectivity index (χ3v) is 6.69. The van der Waals surface area contributed by atoms with Crippen molar-refractivity contribution in [3.8, 4) is 5.75 Å². The zero-order chi connectivity index (χ0) is 26.9. The normalized spacial score (nSPS) is 16.3. The second kappa shape index (κ2) is 13.5. The fourth-order valence-electron chi connectivity index (χ4n) is 4.24. The quantitative estimate of drug-likeness (QED) is 0.346. The van der Waals surface area contributed by atoms with Crippen molar-refractivity contribution in [2.24, 2.45) is 5.92 Å². The summed E-state index contributed by atoms with van der Waals surface area (Å²) in [5.41, 5.74) is -0.0745. The van der Waals surface area contributed by atoms with Crippen LogP contribution in [0.15, 0.2) is 24.3 Å². The summed E-state index contributed by atoms with van der Waals surface area (Å²) < 4.78 is 5.45. The van der Waals surface area contributed by atoms with Crippen LogP contribution < -0.4 is 10.6 Å². The Morgan fingerprint density at radius 1 is 1.11 bits per heavy atom. The largest absolute Gasteiger partial charge is 0.508 e. The maximum absolute atomic E-state index is 14.2. The molecular formula is C28H45N3O5. The first kappa shape index (κ1) is 29.5. The number of alkyl carbamates (subject to hydrolysis) is 1. The third-order valence-electron chi connectivity index (χ3n) is 6.69. The number of aromatic hydroxyl groups is 1. The first-order valence-electron chi connectivity index (χ1n) is 13.4.